The van der Waals surface area contributed by atoms with Crippen LogP contribution in [0.2, 0.25) is 0 Å². The van der Waals surface area contributed by atoms with Crippen molar-refractivity contribution < 1.29 is 9.90 Å². The number of carbonyl (C=O) groups is 1. The van der Waals surface area contributed by atoms with E-state index in [1.54, 1.807) is 0 Å². The average molecular weight is 274 g/mol. The zero-order chi connectivity index (χ0) is 14.0. The van der Waals surface area contributed by atoms with E-state index in [1.807, 2.05) is 0 Å². The molecule has 110 valence electrons. The highest BCUT2D eigenvalue weighted by molar-refractivity contribution is 5.87. The lowest BCUT2D eigenvalue weighted by Crippen LogP contribution is -2.54. The minimum absolute atomic E-state index is 0.0267. The molecular weight excluding hydrogens is 248 g/mol. The van der Waals surface area contributed by atoms with Crippen molar-refractivity contribution in [1.29, 1.82) is 0 Å². The van der Waals surface area contributed by atoms with E-state index >= 15 is 0 Å². The fourth-order valence-corrected chi connectivity index (χ4v) is 6.18. The molecule has 20 heavy (non-hydrogen) atoms. The van der Waals surface area contributed by atoms with Crippen molar-refractivity contribution in [3.05, 3.63) is 12.2 Å². The van der Waals surface area contributed by atoms with Gasteiger partial charge in [0.05, 0.1) is 5.60 Å². The summed E-state index contributed by atoms with van der Waals surface area (Å²) in [6, 6.07) is 0. The molecule has 0 aromatic heterocycles. The van der Waals surface area contributed by atoms with E-state index in [2.05, 4.69) is 19.1 Å². The molecule has 4 aliphatic rings. The topological polar surface area (TPSA) is 37.3 Å². The van der Waals surface area contributed by atoms with Crippen molar-refractivity contribution in [3.8, 4) is 0 Å². The quantitative estimate of drug-likeness (QED) is 0.687. The molecule has 0 saturated heterocycles. The SMILES string of the molecule is C[C@]12CC[C@H]3[C@@H](CC[C@@]4(O)CC=CC[C@H]34)[C@@H]1CCC2=O. The highest BCUT2D eigenvalue weighted by atomic mass is 16.3. The van der Waals surface area contributed by atoms with Crippen LogP contribution in [0.5, 0.6) is 0 Å². The van der Waals surface area contributed by atoms with Gasteiger partial charge in [0.1, 0.15) is 5.78 Å². The molecule has 0 heterocycles. The van der Waals surface area contributed by atoms with Crippen LogP contribution in [0.4, 0.5) is 0 Å². The Kier molecular flexibility index (Phi) is 2.74. The predicted octanol–water partition coefficient (Wildman–Crippen LogP) is 3.49. The molecule has 3 saturated carbocycles. The molecule has 3 fully saturated rings. The van der Waals surface area contributed by atoms with Crippen molar-refractivity contribution in [2.45, 2.75) is 63.9 Å². The van der Waals surface area contributed by atoms with E-state index in [-0.39, 0.29) is 5.41 Å². The van der Waals surface area contributed by atoms with Crippen LogP contribution in [0.25, 0.3) is 0 Å². The van der Waals surface area contributed by atoms with Crippen molar-refractivity contribution in [2.24, 2.45) is 29.1 Å². The molecular formula is C18H26O2. The first-order chi connectivity index (χ1) is 9.55. The molecule has 0 radical (unpaired) electrons. The smallest absolute Gasteiger partial charge is 0.139 e. The first-order valence-corrected chi connectivity index (χ1v) is 8.45. The number of Topliss-reactive ketones (excluding diaryl/α,β-unsaturated/α-hetero) is 1. The molecule has 0 aliphatic heterocycles. The summed E-state index contributed by atoms with van der Waals surface area (Å²) in [7, 11) is 0. The molecule has 2 heteroatoms. The number of rotatable bonds is 0. The van der Waals surface area contributed by atoms with E-state index < -0.39 is 5.60 Å². The fourth-order valence-electron chi connectivity index (χ4n) is 6.18. The lowest BCUT2D eigenvalue weighted by molar-refractivity contribution is -0.144. The number of carbonyl (C=O) groups excluding carboxylic acids is 1. The van der Waals surface area contributed by atoms with Gasteiger partial charge in [0, 0.05) is 11.8 Å². The Morgan fingerprint density at radius 2 is 1.85 bits per heavy atom. The van der Waals surface area contributed by atoms with Crippen LogP contribution in [0.15, 0.2) is 12.2 Å². The van der Waals surface area contributed by atoms with Crippen molar-refractivity contribution >= 4 is 5.78 Å². The van der Waals surface area contributed by atoms with Crippen LogP contribution in [0.3, 0.4) is 0 Å². The summed E-state index contributed by atoms with van der Waals surface area (Å²) in [6.07, 6.45) is 12.6. The van der Waals surface area contributed by atoms with E-state index in [0.29, 0.717) is 29.5 Å². The summed E-state index contributed by atoms with van der Waals surface area (Å²) < 4.78 is 0. The van der Waals surface area contributed by atoms with Crippen LogP contribution in [0.1, 0.15) is 58.3 Å². The lowest BCUT2D eigenvalue weighted by atomic mass is 9.50. The zero-order valence-corrected chi connectivity index (χ0v) is 12.5. The summed E-state index contributed by atoms with van der Waals surface area (Å²) in [4.78, 5) is 12.3. The minimum Gasteiger partial charge on any atom is -0.389 e. The maximum Gasteiger partial charge on any atom is 0.139 e. The highest BCUT2D eigenvalue weighted by Crippen LogP contribution is 2.61. The maximum absolute atomic E-state index is 12.3. The van der Waals surface area contributed by atoms with Gasteiger partial charge in [-0.25, -0.2) is 0 Å². The molecule has 1 N–H and O–H groups in total. The van der Waals surface area contributed by atoms with Crippen molar-refractivity contribution in [3.63, 3.8) is 0 Å². The van der Waals surface area contributed by atoms with E-state index in [0.717, 1.165) is 51.4 Å². The summed E-state index contributed by atoms with van der Waals surface area (Å²) in [6.45, 7) is 2.23. The van der Waals surface area contributed by atoms with Crippen molar-refractivity contribution in [1.82, 2.24) is 0 Å². The van der Waals surface area contributed by atoms with Crippen LogP contribution in [0, 0.1) is 29.1 Å². The van der Waals surface area contributed by atoms with Crippen LogP contribution < -0.4 is 0 Å². The van der Waals surface area contributed by atoms with Gasteiger partial charge in [0.25, 0.3) is 0 Å². The summed E-state index contributed by atoms with van der Waals surface area (Å²) in [5.74, 6) is 2.92. The summed E-state index contributed by atoms with van der Waals surface area (Å²) in [5, 5.41) is 11.0. The van der Waals surface area contributed by atoms with E-state index in [4.69, 9.17) is 0 Å². The Balaban J connectivity index is 1.66. The number of aliphatic hydroxyl groups is 1. The average Bonchev–Trinajstić information content (AvgIpc) is 2.74. The van der Waals surface area contributed by atoms with E-state index in [9.17, 15) is 9.90 Å². The number of hydrogen-bond acceptors (Lipinski definition) is 2. The molecule has 0 spiro atoms. The fraction of sp³-hybridized carbons (Fsp3) is 0.833. The zero-order valence-electron chi connectivity index (χ0n) is 12.5. The molecule has 0 aromatic carbocycles. The number of ketones is 1. The Morgan fingerprint density at radius 1 is 1.10 bits per heavy atom. The highest BCUT2D eigenvalue weighted by Gasteiger charge is 2.58. The molecule has 4 rings (SSSR count). The molecule has 4 aliphatic carbocycles. The van der Waals surface area contributed by atoms with Gasteiger partial charge in [0.2, 0.25) is 0 Å². The second kappa shape index (κ2) is 4.19. The Labute approximate surface area is 121 Å². The largest absolute Gasteiger partial charge is 0.389 e. The third-order valence-corrected chi connectivity index (χ3v) is 7.35. The van der Waals surface area contributed by atoms with Crippen LogP contribution >= 0.6 is 0 Å². The number of fused-ring (bicyclic) bond motifs is 5. The first-order valence-electron chi connectivity index (χ1n) is 8.45. The van der Waals surface area contributed by atoms with Crippen LogP contribution in [-0.4, -0.2) is 16.5 Å². The van der Waals surface area contributed by atoms with Crippen molar-refractivity contribution in [2.75, 3.05) is 0 Å². The Hall–Kier alpha value is -0.630. The monoisotopic (exact) mass is 274 g/mol. The maximum atomic E-state index is 12.3. The minimum atomic E-state index is -0.438. The molecule has 6 atom stereocenters. The van der Waals surface area contributed by atoms with Gasteiger partial charge in [-0.15, -0.1) is 0 Å². The summed E-state index contributed by atoms with van der Waals surface area (Å²) in [5.41, 5.74) is -0.465. The van der Waals surface area contributed by atoms with Gasteiger partial charge >= 0.3 is 0 Å². The molecule has 0 bridgehead atoms. The van der Waals surface area contributed by atoms with Crippen LogP contribution in [-0.2, 0) is 4.79 Å². The molecule has 2 nitrogen and oxygen atoms in total. The normalized spacial score (nSPS) is 54.2. The summed E-state index contributed by atoms with van der Waals surface area (Å²) >= 11 is 0. The van der Waals surface area contributed by atoms with E-state index in [1.165, 1.54) is 0 Å². The molecule has 0 unspecified atom stereocenters. The second-order valence-corrected chi connectivity index (χ2v) is 8.01. The Bertz CT molecular complexity index is 466. The van der Waals surface area contributed by atoms with Gasteiger partial charge in [-0.1, -0.05) is 19.1 Å². The van der Waals surface area contributed by atoms with Gasteiger partial charge < -0.3 is 5.11 Å². The first kappa shape index (κ1) is 13.1. The third-order valence-electron chi connectivity index (χ3n) is 7.35. The van der Waals surface area contributed by atoms with Gasteiger partial charge in [-0.3, -0.25) is 4.79 Å². The van der Waals surface area contributed by atoms with Gasteiger partial charge in [-0.05, 0) is 68.6 Å². The third kappa shape index (κ3) is 1.57. The molecule has 0 aromatic rings. The lowest BCUT2D eigenvalue weighted by Gasteiger charge is -2.56. The predicted molar refractivity (Wildman–Crippen MR) is 78.1 cm³/mol. The van der Waals surface area contributed by atoms with Gasteiger partial charge in [-0.2, -0.15) is 0 Å². The number of hydrogen-bond donors (Lipinski definition) is 1. The van der Waals surface area contributed by atoms with Gasteiger partial charge in [0.15, 0.2) is 0 Å². The second-order valence-electron chi connectivity index (χ2n) is 8.01. The Morgan fingerprint density at radius 3 is 2.70 bits per heavy atom. The molecule has 0 amide bonds. The number of allylic oxidation sites excluding steroid dienone is 1. The standard InChI is InChI=1S/C18H26O2/c1-17-10-7-13-12(14(17)5-6-16(17)19)8-11-18(20)9-3-2-4-15(13)18/h2-3,12-15,20H,4-11H2,1H3/t12-,13+,14+,15-,17+,18+/m1/s1.